The van der Waals surface area contributed by atoms with Crippen LogP contribution in [-0.2, 0) is 14.2 Å². The van der Waals surface area contributed by atoms with E-state index in [9.17, 15) is 0 Å². The van der Waals surface area contributed by atoms with Crippen molar-refractivity contribution in [3.8, 4) is 0 Å². The Morgan fingerprint density at radius 3 is 2.83 bits per heavy atom. The third-order valence-electron chi connectivity index (χ3n) is 2.21. The van der Waals surface area contributed by atoms with E-state index in [1.165, 1.54) is 0 Å². The van der Waals surface area contributed by atoms with Crippen molar-refractivity contribution in [2.45, 2.75) is 37.9 Å². The minimum atomic E-state index is -0.414. The lowest BCUT2D eigenvalue weighted by atomic mass is 10.2. The van der Waals surface area contributed by atoms with Gasteiger partial charge in [-0.05, 0) is 13.8 Å². The van der Waals surface area contributed by atoms with Crippen LogP contribution >= 0.6 is 22.6 Å². The number of alkyl halides is 1. The number of halogens is 1. The molecule has 0 N–H and O–H groups in total. The molecule has 0 aromatic heterocycles. The molecule has 0 amide bonds. The number of hydrogen-bond donors (Lipinski definition) is 0. The molecule has 0 spiro atoms. The molecule has 0 saturated carbocycles. The molecule has 4 heteroatoms. The first-order valence-electron chi connectivity index (χ1n) is 4.15. The molecule has 2 aliphatic heterocycles. The summed E-state index contributed by atoms with van der Waals surface area (Å²) in [4.78, 5) is 0. The lowest BCUT2D eigenvalue weighted by molar-refractivity contribution is -0.172. The molecular formula is C8H13IO3. The number of fused-ring (bicyclic) bond motifs is 1. The molecule has 2 rings (SSSR count). The maximum absolute atomic E-state index is 5.72. The van der Waals surface area contributed by atoms with Crippen LogP contribution in [0.1, 0.15) is 13.8 Å². The molecule has 0 aromatic rings. The highest BCUT2D eigenvalue weighted by atomic mass is 127. The summed E-state index contributed by atoms with van der Waals surface area (Å²) in [5, 5.41) is 0. The molecule has 2 heterocycles. The number of ether oxygens (including phenoxy) is 3. The molecule has 3 atom stereocenters. The van der Waals surface area contributed by atoms with E-state index in [4.69, 9.17) is 14.2 Å². The van der Waals surface area contributed by atoms with Crippen LogP contribution in [0, 0.1) is 0 Å². The summed E-state index contributed by atoms with van der Waals surface area (Å²) in [5.74, 6) is -0.414. The van der Waals surface area contributed by atoms with E-state index in [2.05, 4.69) is 22.6 Å². The quantitative estimate of drug-likeness (QED) is 0.537. The van der Waals surface area contributed by atoms with Crippen LogP contribution in [0.3, 0.4) is 0 Å². The summed E-state index contributed by atoms with van der Waals surface area (Å²) in [5.41, 5.74) is 0. The van der Waals surface area contributed by atoms with Crippen LogP contribution in [0.25, 0.3) is 0 Å². The maximum atomic E-state index is 5.72. The van der Waals surface area contributed by atoms with Gasteiger partial charge >= 0.3 is 0 Å². The number of rotatable bonds is 1. The Morgan fingerprint density at radius 1 is 1.42 bits per heavy atom. The van der Waals surface area contributed by atoms with Gasteiger partial charge in [-0.2, -0.15) is 0 Å². The minimum Gasteiger partial charge on any atom is -0.372 e. The molecule has 2 saturated heterocycles. The van der Waals surface area contributed by atoms with Gasteiger partial charge in [0, 0.05) is 4.43 Å². The predicted octanol–water partition coefficient (Wildman–Crippen LogP) is 1.34. The van der Waals surface area contributed by atoms with Crippen molar-refractivity contribution in [2.75, 3.05) is 11.0 Å². The van der Waals surface area contributed by atoms with Crippen molar-refractivity contribution in [1.82, 2.24) is 0 Å². The topological polar surface area (TPSA) is 27.7 Å². The zero-order chi connectivity index (χ0) is 8.77. The molecule has 0 radical (unpaired) electrons. The first-order valence-corrected chi connectivity index (χ1v) is 5.68. The van der Waals surface area contributed by atoms with Gasteiger partial charge in [-0.3, -0.25) is 0 Å². The SMILES string of the molecule is CC1(C)O[C@H]2COC(CI)[C@H]2O1. The Morgan fingerprint density at radius 2 is 2.17 bits per heavy atom. The lowest BCUT2D eigenvalue weighted by Gasteiger charge is -2.20. The molecule has 0 bridgehead atoms. The monoisotopic (exact) mass is 284 g/mol. The first-order chi connectivity index (χ1) is 5.62. The second-order valence-electron chi connectivity index (χ2n) is 3.66. The molecule has 3 nitrogen and oxygen atoms in total. The highest BCUT2D eigenvalue weighted by molar-refractivity contribution is 14.1. The van der Waals surface area contributed by atoms with E-state index < -0.39 is 5.79 Å². The minimum absolute atomic E-state index is 0.150. The summed E-state index contributed by atoms with van der Waals surface area (Å²) >= 11 is 2.32. The van der Waals surface area contributed by atoms with Gasteiger partial charge in [0.15, 0.2) is 5.79 Å². The number of hydrogen-bond acceptors (Lipinski definition) is 3. The average molecular weight is 284 g/mol. The largest absolute Gasteiger partial charge is 0.372 e. The predicted molar refractivity (Wildman–Crippen MR) is 52.5 cm³/mol. The molecule has 1 unspecified atom stereocenters. The third-order valence-corrected chi connectivity index (χ3v) is 3.08. The van der Waals surface area contributed by atoms with E-state index in [0.29, 0.717) is 6.61 Å². The van der Waals surface area contributed by atoms with Crippen LogP contribution in [0.2, 0.25) is 0 Å². The summed E-state index contributed by atoms with van der Waals surface area (Å²) < 4.78 is 17.9. The normalized spacial score (nSPS) is 44.8. The fourth-order valence-corrected chi connectivity index (χ4v) is 2.51. The Bertz CT molecular complexity index is 183. The van der Waals surface area contributed by atoms with Crippen molar-refractivity contribution in [2.24, 2.45) is 0 Å². The van der Waals surface area contributed by atoms with Crippen molar-refractivity contribution in [1.29, 1.82) is 0 Å². The van der Waals surface area contributed by atoms with Crippen molar-refractivity contribution < 1.29 is 14.2 Å². The van der Waals surface area contributed by atoms with Crippen LogP contribution < -0.4 is 0 Å². The highest BCUT2D eigenvalue weighted by Crippen LogP contribution is 2.35. The van der Waals surface area contributed by atoms with Gasteiger partial charge in [0.1, 0.15) is 12.2 Å². The first kappa shape index (κ1) is 9.18. The van der Waals surface area contributed by atoms with E-state index >= 15 is 0 Å². The van der Waals surface area contributed by atoms with Gasteiger partial charge in [0.2, 0.25) is 0 Å². The van der Waals surface area contributed by atoms with Crippen LogP contribution in [0.5, 0.6) is 0 Å². The molecular weight excluding hydrogens is 271 g/mol. The van der Waals surface area contributed by atoms with Crippen LogP contribution in [0.15, 0.2) is 0 Å². The van der Waals surface area contributed by atoms with Gasteiger partial charge in [-0.25, -0.2) is 0 Å². The molecule has 12 heavy (non-hydrogen) atoms. The Hall–Kier alpha value is 0.610. The zero-order valence-electron chi connectivity index (χ0n) is 7.25. The fourth-order valence-electron chi connectivity index (χ4n) is 1.75. The van der Waals surface area contributed by atoms with Gasteiger partial charge < -0.3 is 14.2 Å². The van der Waals surface area contributed by atoms with Gasteiger partial charge in [-0.1, -0.05) is 22.6 Å². The summed E-state index contributed by atoms with van der Waals surface area (Å²) in [7, 11) is 0. The standard InChI is InChI=1S/C8H13IO3/c1-8(2)11-6-4-10-5(3-9)7(6)12-8/h5-7H,3-4H2,1-2H3/t5?,6-,7+/m0/s1. The van der Waals surface area contributed by atoms with Crippen molar-refractivity contribution >= 4 is 22.6 Å². The Labute approximate surface area is 85.9 Å². The van der Waals surface area contributed by atoms with E-state index in [0.717, 1.165) is 4.43 Å². The van der Waals surface area contributed by atoms with Gasteiger partial charge in [0.25, 0.3) is 0 Å². The van der Waals surface area contributed by atoms with E-state index in [-0.39, 0.29) is 18.3 Å². The second-order valence-corrected chi connectivity index (χ2v) is 4.55. The van der Waals surface area contributed by atoms with Gasteiger partial charge in [0.05, 0.1) is 12.7 Å². The molecule has 0 aromatic carbocycles. The summed E-state index contributed by atoms with van der Waals surface area (Å²) in [6.07, 6.45) is 0.522. The summed E-state index contributed by atoms with van der Waals surface area (Å²) in [6, 6.07) is 0. The zero-order valence-corrected chi connectivity index (χ0v) is 9.41. The van der Waals surface area contributed by atoms with E-state index in [1.807, 2.05) is 13.8 Å². The molecule has 70 valence electrons. The Balaban J connectivity index is 2.06. The molecule has 0 aliphatic carbocycles. The van der Waals surface area contributed by atoms with Crippen LogP contribution in [0.4, 0.5) is 0 Å². The van der Waals surface area contributed by atoms with E-state index in [1.54, 1.807) is 0 Å². The summed E-state index contributed by atoms with van der Waals surface area (Å²) in [6.45, 7) is 4.59. The van der Waals surface area contributed by atoms with Crippen molar-refractivity contribution in [3.63, 3.8) is 0 Å². The maximum Gasteiger partial charge on any atom is 0.164 e. The van der Waals surface area contributed by atoms with Gasteiger partial charge in [-0.15, -0.1) is 0 Å². The lowest BCUT2D eigenvalue weighted by Crippen LogP contribution is -2.30. The molecule has 2 fully saturated rings. The van der Waals surface area contributed by atoms with Crippen molar-refractivity contribution in [3.05, 3.63) is 0 Å². The molecule has 2 aliphatic rings. The average Bonchev–Trinajstić information content (AvgIpc) is 2.42. The smallest absolute Gasteiger partial charge is 0.164 e. The third kappa shape index (κ3) is 1.49. The van der Waals surface area contributed by atoms with Crippen LogP contribution in [-0.4, -0.2) is 35.1 Å². The Kier molecular flexibility index (Phi) is 2.35. The highest BCUT2D eigenvalue weighted by Gasteiger charge is 2.49. The second kappa shape index (κ2) is 3.08. The fraction of sp³-hybridized carbons (Fsp3) is 1.00.